The van der Waals surface area contributed by atoms with Gasteiger partial charge in [-0.15, -0.1) is 0 Å². The summed E-state index contributed by atoms with van der Waals surface area (Å²) >= 11 is 0. The molecule has 1 aliphatic rings. The van der Waals surface area contributed by atoms with E-state index in [9.17, 15) is 38.8 Å². The molecule has 0 aliphatic heterocycles. The highest BCUT2D eigenvalue weighted by Gasteiger charge is 2.57. The lowest BCUT2D eigenvalue weighted by atomic mass is 9.70. The third-order valence-corrected chi connectivity index (χ3v) is 8.96. The molecule has 32 heavy (non-hydrogen) atoms. The first-order chi connectivity index (χ1) is 14.7. The minimum atomic E-state index is -5.65. The van der Waals surface area contributed by atoms with Gasteiger partial charge in [0.25, 0.3) is 0 Å². The number of sulfone groups is 1. The lowest BCUT2D eigenvalue weighted by molar-refractivity contribution is -0.0449. The molecule has 172 valence electrons. The maximum Gasteiger partial charge on any atom is 0.511 e. The summed E-state index contributed by atoms with van der Waals surface area (Å²) in [4.78, 5) is -0.297. The predicted molar refractivity (Wildman–Crippen MR) is 102 cm³/mol. The summed E-state index contributed by atoms with van der Waals surface area (Å²) in [6, 6.07) is 8.70. The highest BCUT2D eigenvalue weighted by atomic mass is 32.2. The van der Waals surface area contributed by atoms with Crippen LogP contribution in [0.1, 0.15) is 24.0 Å². The highest BCUT2D eigenvalue weighted by Crippen LogP contribution is 2.54. The summed E-state index contributed by atoms with van der Waals surface area (Å²) in [5.41, 5.74) is -5.89. The minimum absolute atomic E-state index is 0.156. The van der Waals surface area contributed by atoms with Crippen molar-refractivity contribution >= 4 is 19.9 Å². The maximum absolute atomic E-state index is 14.6. The van der Waals surface area contributed by atoms with Gasteiger partial charge in [0.1, 0.15) is 16.4 Å². The number of halogens is 5. The molecule has 1 aliphatic carbocycles. The maximum atomic E-state index is 14.6. The molecule has 3 rings (SSSR count). The number of nitrogens with zero attached hydrogens (tertiary/aromatic N) is 1. The zero-order valence-electron chi connectivity index (χ0n) is 16.0. The third kappa shape index (κ3) is 4.10. The van der Waals surface area contributed by atoms with Crippen molar-refractivity contribution in [3.8, 4) is 6.07 Å². The number of nitriles is 1. The Bertz CT molecular complexity index is 1280. The van der Waals surface area contributed by atoms with Crippen LogP contribution in [-0.2, 0) is 24.6 Å². The molecule has 1 saturated carbocycles. The molecule has 0 heterocycles. The number of rotatable bonds is 6. The van der Waals surface area contributed by atoms with Gasteiger partial charge < -0.3 is 0 Å². The second-order valence-electron chi connectivity index (χ2n) is 7.33. The van der Waals surface area contributed by atoms with E-state index in [0.717, 1.165) is 24.3 Å². The largest absolute Gasteiger partial charge is 0.511 e. The van der Waals surface area contributed by atoms with Crippen molar-refractivity contribution in [3.05, 3.63) is 65.2 Å². The third-order valence-electron chi connectivity index (χ3n) is 5.33. The average molecular weight is 494 g/mol. The Balaban J connectivity index is 1.99. The fourth-order valence-electron chi connectivity index (χ4n) is 3.69. The molecule has 6 nitrogen and oxygen atoms in total. The summed E-state index contributed by atoms with van der Waals surface area (Å²) in [7, 11) is -10.1. The molecule has 2 aromatic rings. The lowest BCUT2D eigenvalue weighted by Gasteiger charge is -2.47. The van der Waals surface area contributed by atoms with E-state index in [0.29, 0.717) is 6.07 Å². The molecule has 1 fully saturated rings. The molecule has 1 N–H and O–H groups in total. The Morgan fingerprint density at radius 2 is 1.62 bits per heavy atom. The minimum Gasteiger partial charge on any atom is -0.223 e. The van der Waals surface area contributed by atoms with Crippen LogP contribution in [0.4, 0.5) is 22.0 Å². The van der Waals surface area contributed by atoms with E-state index in [1.54, 1.807) is 0 Å². The van der Waals surface area contributed by atoms with Crippen molar-refractivity contribution < 1.29 is 38.8 Å². The molecule has 13 heteroatoms. The fourth-order valence-corrected chi connectivity index (χ4v) is 6.61. The van der Waals surface area contributed by atoms with Crippen LogP contribution >= 0.6 is 0 Å². The van der Waals surface area contributed by atoms with Crippen molar-refractivity contribution in [2.75, 3.05) is 6.54 Å². The molecular formula is C19H15F5N2O4S2. The van der Waals surface area contributed by atoms with Crippen LogP contribution in [0.15, 0.2) is 47.4 Å². The van der Waals surface area contributed by atoms with E-state index < -0.39 is 72.6 Å². The number of alkyl halides is 3. The molecule has 0 amide bonds. The Labute approximate surface area is 180 Å². The Kier molecular flexibility index (Phi) is 6.09. The lowest BCUT2D eigenvalue weighted by Crippen LogP contribution is -2.52. The van der Waals surface area contributed by atoms with Crippen molar-refractivity contribution in [3.63, 3.8) is 0 Å². The first kappa shape index (κ1) is 24.1. The Hall–Kier alpha value is -2.56. The molecule has 0 atom stereocenters. The summed E-state index contributed by atoms with van der Waals surface area (Å²) in [6.07, 6.45) is -0.897. The van der Waals surface area contributed by atoms with Crippen molar-refractivity contribution in [1.82, 2.24) is 4.72 Å². The van der Waals surface area contributed by atoms with Gasteiger partial charge in [-0.2, -0.15) is 18.4 Å². The van der Waals surface area contributed by atoms with Gasteiger partial charge in [0.2, 0.25) is 0 Å². The number of hydrogen-bond acceptors (Lipinski definition) is 5. The SMILES string of the molecule is N#Cc1ccc(S(=O)(=O)C2(c3cc(F)ccc3F)CC(CNS(=O)(=O)C(F)(F)F)C2)cc1. The van der Waals surface area contributed by atoms with Crippen molar-refractivity contribution in [2.45, 2.75) is 28.0 Å². The van der Waals surface area contributed by atoms with E-state index in [4.69, 9.17) is 5.26 Å². The summed E-state index contributed by atoms with van der Waals surface area (Å²) in [5, 5.41) is 8.88. The summed E-state index contributed by atoms with van der Waals surface area (Å²) in [6.45, 7) is -0.733. The zero-order valence-corrected chi connectivity index (χ0v) is 17.7. The molecule has 0 unspecified atom stereocenters. The van der Waals surface area contributed by atoms with E-state index >= 15 is 0 Å². The summed E-state index contributed by atoms with van der Waals surface area (Å²) < 4.78 is 115. The van der Waals surface area contributed by atoms with E-state index in [1.165, 1.54) is 16.9 Å². The van der Waals surface area contributed by atoms with Gasteiger partial charge in [0, 0.05) is 12.1 Å². The van der Waals surface area contributed by atoms with Gasteiger partial charge in [-0.1, -0.05) is 0 Å². The molecule has 0 bridgehead atoms. The van der Waals surface area contributed by atoms with Crippen LogP contribution in [0.5, 0.6) is 0 Å². The molecule has 2 aromatic carbocycles. The van der Waals surface area contributed by atoms with Crippen molar-refractivity contribution in [2.24, 2.45) is 5.92 Å². The van der Waals surface area contributed by atoms with E-state index in [-0.39, 0.29) is 10.5 Å². The molecule has 0 spiro atoms. The van der Waals surface area contributed by atoms with Crippen LogP contribution in [0, 0.1) is 28.9 Å². The Morgan fingerprint density at radius 1 is 1.03 bits per heavy atom. The second kappa shape index (κ2) is 8.09. The quantitative estimate of drug-likeness (QED) is 0.621. The number of benzene rings is 2. The zero-order chi connectivity index (χ0) is 23.9. The number of nitrogens with one attached hydrogen (secondary N) is 1. The van der Waals surface area contributed by atoms with Gasteiger partial charge in [0.05, 0.1) is 16.5 Å². The van der Waals surface area contributed by atoms with Crippen LogP contribution in [0.25, 0.3) is 0 Å². The van der Waals surface area contributed by atoms with E-state index in [1.807, 2.05) is 6.07 Å². The molecule has 0 saturated heterocycles. The molecule has 0 aromatic heterocycles. The first-order valence-corrected chi connectivity index (χ1v) is 12.0. The first-order valence-electron chi connectivity index (χ1n) is 9.00. The fraction of sp³-hybridized carbons (Fsp3) is 0.316. The topological polar surface area (TPSA) is 104 Å². The Morgan fingerprint density at radius 3 is 2.16 bits per heavy atom. The molecular weight excluding hydrogens is 479 g/mol. The second-order valence-corrected chi connectivity index (χ2v) is 11.3. The van der Waals surface area contributed by atoms with Gasteiger partial charge in [0.15, 0.2) is 9.84 Å². The highest BCUT2D eigenvalue weighted by molar-refractivity contribution is 7.92. The standard InChI is InChI=1S/C19H15F5N2O4S2/c20-14-3-6-17(21)16(7-14)18(31(27,28)15-4-1-12(10-25)2-5-15)8-13(9-18)11-26-32(29,30)19(22,23)24/h1-7,13,26H,8-9,11H2. The van der Waals surface area contributed by atoms with Crippen molar-refractivity contribution in [1.29, 1.82) is 5.26 Å². The van der Waals surface area contributed by atoms with Crippen LogP contribution in [0.3, 0.4) is 0 Å². The van der Waals surface area contributed by atoms with Gasteiger partial charge in [-0.3, -0.25) is 0 Å². The number of sulfonamides is 1. The normalized spacial score (nSPS) is 21.6. The van der Waals surface area contributed by atoms with Crippen LogP contribution in [0.2, 0.25) is 0 Å². The smallest absolute Gasteiger partial charge is 0.223 e. The van der Waals surface area contributed by atoms with Crippen LogP contribution < -0.4 is 4.72 Å². The van der Waals surface area contributed by atoms with E-state index in [2.05, 4.69) is 0 Å². The monoisotopic (exact) mass is 494 g/mol. The number of hydrogen-bond donors (Lipinski definition) is 1. The average Bonchev–Trinajstić information content (AvgIpc) is 2.68. The predicted octanol–water partition coefficient (Wildman–Crippen LogP) is 3.35. The van der Waals surface area contributed by atoms with Gasteiger partial charge in [-0.05, 0) is 61.2 Å². The molecule has 0 radical (unpaired) electrons. The van der Waals surface area contributed by atoms with Gasteiger partial charge >= 0.3 is 15.5 Å². The summed E-state index contributed by atoms with van der Waals surface area (Å²) in [5.74, 6) is -2.84. The van der Waals surface area contributed by atoms with Gasteiger partial charge in [-0.25, -0.2) is 30.3 Å². The van der Waals surface area contributed by atoms with Crippen LogP contribution in [-0.4, -0.2) is 28.9 Å².